The van der Waals surface area contributed by atoms with E-state index in [0.29, 0.717) is 28.7 Å². The van der Waals surface area contributed by atoms with Gasteiger partial charge >= 0.3 is 5.97 Å². The van der Waals surface area contributed by atoms with Crippen molar-refractivity contribution < 1.29 is 29.3 Å². The van der Waals surface area contributed by atoms with Crippen molar-refractivity contribution in [2.24, 2.45) is 5.41 Å². The number of carbonyl (C=O) groups is 3. The van der Waals surface area contributed by atoms with Gasteiger partial charge in [0.25, 0.3) is 5.91 Å². The molecule has 4 rings (SSSR count). The molecule has 208 valence electrons. The molecule has 1 heterocycles. The number of nitrogens with one attached hydrogen (secondary N) is 2. The summed E-state index contributed by atoms with van der Waals surface area (Å²) in [5.41, 5.74) is 1.43. The Bertz CT molecular complexity index is 1260. The van der Waals surface area contributed by atoms with Crippen LogP contribution >= 0.6 is 39.1 Å². The fraction of sp³-hybridized carbons (Fsp3) is 0.407. The lowest BCUT2D eigenvalue weighted by Gasteiger charge is -2.46. The largest absolute Gasteiger partial charge is 0.461 e. The molecule has 9 nitrogen and oxygen atoms in total. The van der Waals surface area contributed by atoms with E-state index in [-0.39, 0.29) is 34.4 Å². The SMILES string of the molecule is O=C(Nc1ccc(C[C@H](NC2=C(Br)C(=O)C23CCCCC3)C(=O)OCC(O)CO)cc1)c1c(Cl)cncc1Cl. The molecule has 1 aromatic heterocycles. The molecule has 1 aromatic carbocycles. The normalized spacial score (nSPS) is 17.8. The number of halogens is 3. The van der Waals surface area contributed by atoms with Crippen molar-refractivity contribution in [3.05, 3.63) is 68.0 Å². The zero-order valence-corrected chi connectivity index (χ0v) is 24.0. The maximum Gasteiger partial charge on any atom is 0.328 e. The smallest absolute Gasteiger partial charge is 0.328 e. The minimum atomic E-state index is -1.19. The van der Waals surface area contributed by atoms with Gasteiger partial charge in [0, 0.05) is 30.2 Å². The van der Waals surface area contributed by atoms with E-state index >= 15 is 0 Å². The average molecular weight is 641 g/mol. The lowest BCUT2D eigenvalue weighted by molar-refractivity contribution is -0.150. The van der Waals surface area contributed by atoms with Gasteiger partial charge in [0.1, 0.15) is 18.8 Å². The summed E-state index contributed by atoms with van der Waals surface area (Å²) in [6.07, 6.45) is 6.03. The number of anilines is 1. The fourth-order valence-corrected chi connectivity index (χ4v) is 6.31. The highest BCUT2D eigenvalue weighted by molar-refractivity contribution is 9.12. The standard InChI is InChI=1S/C27H28BrCl2N3O6/c28-22-23(27(24(22)36)8-2-1-3-9-27)33-20(26(38)39-14-17(35)13-34)10-15-4-6-16(7-5-15)32-25(37)21-18(29)11-31-12-19(21)30/h4-7,11-12,17,20,33-35H,1-3,8-10,13-14H2,(H,32,37)/t17?,20-/m0/s1. The molecule has 1 unspecified atom stereocenters. The minimum absolute atomic E-state index is 0.0435. The summed E-state index contributed by atoms with van der Waals surface area (Å²) >= 11 is 15.5. The van der Waals surface area contributed by atoms with Crippen LogP contribution in [-0.2, 0) is 20.7 Å². The first-order valence-electron chi connectivity index (χ1n) is 12.5. The molecule has 1 saturated carbocycles. The van der Waals surface area contributed by atoms with Gasteiger partial charge in [-0.15, -0.1) is 0 Å². The molecule has 12 heteroatoms. The molecule has 4 N–H and O–H groups in total. The number of benzene rings is 1. The van der Waals surface area contributed by atoms with Crippen LogP contribution in [0.3, 0.4) is 0 Å². The van der Waals surface area contributed by atoms with Crippen LogP contribution in [-0.4, -0.2) is 58.2 Å². The molecule has 0 radical (unpaired) electrons. The summed E-state index contributed by atoms with van der Waals surface area (Å²) in [6, 6.07) is 6.00. The molecule has 1 spiro atoms. The zero-order valence-electron chi connectivity index (χ0n) is 20.9. The Balaban J connectivity index is 1.50. The Morgan fingerprint density at radius 3 is 2.36 bits per heavy atom. The number of ether oxygens (including phenoxy) is 1. The number of hydrogen-bond acceptors (Lipinski definition) is 8. The van der Waals surface area contributed by atoms with Gasteiger partial charge in [0.2, 0.25) is 0 Å². The van der Waals surface area contributed by atoms with Gasteiger partial charge in [0.05, 0.1) is 32.1 Å². The number of aliphatic hydroxyl groups is 2. The number of aliphatic hydroxyl groups excluding tert-OH is 2. The molecule has 0 saturated heterocycles. The predicted molar refractivity (Wildman–Crippen MR) is 150 cm³/mol. The van der Waals surface area contributed by atoms with Crippen LogP contribution in [0.4, 0.5) is 5.69 Å². The minimum Gasteiger partial charge on any atom is -0.461 e. The maximum atomic E-state index is 13.0. The van der Waals surface area contributed by atoms with Crippen LogP contribution < -0.4 is 10.6 Å². The summed E-state index contributed by atoms with van der Waals surface area (Å²) in [5, 5.41) is 25.0. The summed E-state index contributed by atoms with van der Waals surface area (Å²) < 4.78 is 5.70. The monoisotopic (exact) mass is 639 g/mol. The van der Waals surface area contributed by atoms with Gasteiger partial charge in [-0.05, 0) is 46.5 Å². The number of Topliss-reactive ketones (excluding diaryl/α,β-unsaturated/α-hetero) is 1. The number of aromatic nitrogens is 1. The van der Waals surface area contributed by atoms with Crippen molar-refractivity contribution in [2.45, 2.75) is 50.7 Å². The Morgan fingerprint density at radius 2 is 1.74 bits per heavy atom. The lowest BCUT2D eigenvalue weighted by atomic mass is 9.62. The highest BCUT2D eigenvalue weighted by atomic mass is 79.9. The van der Waals surface area contributed by atoms with Crippen molar-refractivity contribution >= 4 is 62.5 Å². The number of amides is 1. The van der Waals surface area contributed by atoms with Crippen LogP contribution in [0.2, 0.25) is 10.0 Å². The zero-order chi connectivity index (χ0) is 28.2. The molecule has 2 atom stereocenters. The number of rotatable bonds is 10. The van der Waals surface area contributed by atoms with E-state index in [1.54, 1.807) is 24.3 Å². The first kappa shape index (κ1) is 29.5. The van der Waals surface area contributed by atoms with Crippen molar-refractivity contribution in [1.82, 2.24) is 10.3 Å². The number of hydrogen-bond donors (Lipinski definition) is 4. The van der Waals surface area contributed by atoms with Crippen LogP contribution in [0.1, 0.15) is 48.0 Å². The first-order chi connectivity index (χ1) is 18.7. The van der Waals surface area contributed by atoms with Gasteiger partial charge in [-0.1, -0.05) is 54.6 Å². The Hall–Kier alpha value is -2.50. The molecule has 1 fully saturated rings. The van der Waals surface area contributed by atoms with Crippen LogP contribution in [0.25, 0.3) is 0 Å². The van der Waals surface area contributed by atoms with Crippen molar-refractivity contribution in [3.63, 3.8) is 0 Å². The number of ketones is 1. The van der Waals surface area contributed by atoms with Crippen molar-refractivity contribution in [1.29, 1.82) is 0 Å². The number of esters is 1. The fourth-order valence-electron chi connectivity index (χ4n) is 4.90. The number of carbonyl (C=O) groups excluding carboxylic acids is 3. The number of pyridine rings is 1. The van der Waals surface area contributed by atoms with Crippen molar-refractivity contribution in [2.75, 3.05) is 18.5 Å². The average Bonchev–Trinajstić information content (AvgIpc) is 2.94. The van der Waals surface area contributed by atoms with E-state index in [2.05, 4.69) is 31.5 Å². The molecule has 2 aliphatic rings. The summed E-state index contributed by atoms with van der Waals surface area (Å²) in [5.74, 6) is -1.07. The van der Waals surface area contributed by atoms with Crippen molar-refractivity contribution in [3.8, 4) is 0 Å². The summed E-state index contributed by atoms with van der Waals surface area (Å²) in [6.45, 7) is -0.897. The van der Waals surface area contributed by atoms with E-state index in [0.717, 1.165) is 24.8 Å². The van der Waals surface area contributed by atoms with E-state index in [1.165, 1.54) is 12.4 Å². The quantitative estimate of drug-likeness (QED) is 0.284. The highest BCUT2D eigenvalue weighted by Crippen LogP contribution is 2.53. The molecular formula is C27H28BrCl2N3O6. The summed E-state index contributed by atoms with van der Waals surface area (Å²) in [7, 11) is 0. The van der Waals surface area contributed by atoms with Crippen LogP contribution in [0, 0.1) is 5.41 Å². The second-order valence-corrected chi connectivity index (χ2v) is 11.3. The van der Waals surface area contributed by atoms with Gasteiger partial charge in [0.15, 0.2) is 5.78 Å². The van der Waals surface area contributed by atoms with E-state index in [9.17, 15) is 19.5 Å². The summed E-state index contributed by atoms with van der Waals surface area (Å²) in [4.78, 5) is 42.4. The molecule has 39 heavy (non-hydrogen) atoms. The van der Waals surface area contributed by atoms with E-state index in [4.69, 9.17) is 33.0 Å². The topological polar surface area (TPSA) is 138 Å². The van der Waals surface area contributed by atoms with Gasteiger partial charge in [-0.25, -0.2) is 4.79 Å². The maximum absolute atomic E-state index is 13.0. The second-order valence-electron chi connectivity index (χ2n) is 9.66. The van der Waals surface area contributed by atoms with Crippen LogP contribution in [0.5, 0.6) is 0 Å². The molecule has 0 aliphatic heterocycles. The molecule has 1 amide bonds. The predicted octanol–water partition coefficient (Wildman–Crippen LogP) is 4.18. The molecule has 2 aromatic rings. The van der Waals surface area contributed by atoms with Gasteiger partial charge in [-0.2, -0.15) is 0 Å². The molecular weight excluding hydrogens is 613 g/mol. The van der Waals surface area contributed by atoms with Gasteiger partial charge < -0.3 is 25.6 Å². The third-order valence-electron chi connectivity index (χ3n) is 7.00. The van der Waals surface area contributed by atoms with E-state index in [1.807, 2.05) is 0 Å². The third kappa shape index (κ3) is 6.47. The van der Waals surface area contributed by atoms with E-state index < -0.39 is 36.0 Å². The molecule has 0 bridgehead atoms. The second kappa shape index (κ2) is 12.8. The Morgan fingerprint density at radius 1 is 1.10 bits per heavy atom. The Labute approximate surface area is 244 Å². The number of nitrogens with zero attached hydrogens (tertiary/aromatic N) is 1. The van der Waals surface area contributed by atoms with Gasteiger partial charge in [-0.3, -0.25) is 14.6 Å². The number of allylic oxidation sites excluding steroid dienone is 2. The van der Waals surface area contributed by atoms with Crippen LogP contribution in [0.15, 0.2) is 46.8 Å². The molecule has 2 aliphatic carbocycles. The first-order valence-corrected chi connectivity index (χ1v) is 14.1. The lowest BCUT2D eigenvalue weighted by Crippen LogP contribution is -2.53. The Kier molecular flexibility index (Phi) is 9.66. The third-order valence-corrected chi connectivity index (χ3v) is 8.33. The highest BCUT2D eigenvalue weighted by Gasteiger charge is 2.53.